The summed E-state index contributed by atoms with van der Waals surface area (Å²) in [7, 11) is 0. The molecule has 5 heteroatoms. The number of carbonyl (C=O) groups is 1. The van der Waals surface area contributed by atoms with Gasteiger partial charge < -0.3 is 5.11 Å². The SMILES string of the molecule is CCCn1ncc(-c2cc(C(=O)O)ccc2F)c1C. The molecule has 100 valence electrons. The van der Waals surface area contributed by atoms with E-state index in [-0.39, 0.29) is 11.1 Å². The fraction of sp³-hybridized carbons (Fsp3) is 0.286. The molecule has 1 N–H and O–H groups in total. The lowest BCUT2D eigenvalue weighted by Gasteiger charge is -2.06. The van der Waals surface area contributed by atoms with Crippen molar-refractivity contribution in [1.29, 1.82) is 0 Å². The highest BCUT2D eigenvalue weighted by Crippen LogP contribution is 2.27. The second kappa shape index (κ2) is 5.22. The summed E-state index contributed by atoms with van der Waals surface area (Å²) in [5.41, 5.74) is 1.82. The average molecular weight is 262 g/mol. The van der Waals surface area contributed by atoms with Crippen LogP contribution in [0.15, 0.2) is 24.4 Å². The Morgan fingerprint density at radius 2 is 2.16 bits per heavy atom. The molecule has 2 rings (SSSR count). The zero-order valence-electron chi connectivity index (χ0n) is 10.9. The lowest BCUT2D eigenvalue weighted by molar-refractivity contribution is 0.0697. The van der Waals surface area contributed by atoms with Gasteiger partial charge in [-0.05, 0) is 31.5 Å². The molecule has 0 atom stereocenters. The Balaban J connectivity index is 2.52. The number of hydrogen-bond donors (Lipinski definition) is 1. The van der Waals surface area contributed by atoms with Crippen molar-refractivity contribution < 1.29 is 14.3 Å². The number of aryl methyl sites for hydroxylation is 1. The monoisotopic (exact) mass is 262 g/mol. The number of benzene rings is 1. The lowest BCUT2D eigenvalue weighted by atomic mass is 10.0. The van der Waals surface area contributed by atoms with Crippen LogP contribution in [0.4, 0.5) is 4.39 Å². The van der Waals surface area contributed by atoms with Gasteiger partial charge in [-0.15, -0.1) is 0 Å². The second-order valence-corrected chi connectivity index (χ2v) is 4.37. The number of carboxylic acid groups (broad SMARTS) is 1. The Labute approximate surface area is 110 Å². The fourth-order valence-electron chi connectivity index (χ4n) is 2.01. The molecule has 0 bridgehead atoms. The highest BCUT2D eigenvalue weighted by Gasteiger charge is 2.14. The van der Waals surface area contributed by atoms with Gasteiger partial charge in [-0.2, -0.15) is 5.10 Å². The maximum Gasteiger partial charge on any atom is 0.335 e. The van der Waals surface area contributed by atoms with E-state index in [1.807, 2.05) is 13.8 Å². The standard InChI is InChI=1S/C14H15FN2O2/c1-3-6-17-9(2)12(8-16-17)11-7-10(14(18)19)4-5-13(11)15/h4-5,7-8H,3,6H2,1-2H3,(H,18,19). The minimum Gasteiger partial charge on any atom is -0.478 e. The van der Waals surface area contributed by atoms with E-state index in [0.717, 1.165) is 18.7 Å². The molecule has 19 heavy (non-hydrogen) atoms. The Bertz CT molecular complexity index is 620. The van der Waals surface area contributed by atoms with Gasteiger partial charge in [0.2, 0.25) is 0 Å². The maximum absolute atomic E-state index is 13.9. The van der Waals surface area contributed by atoms with Crippen molar-refractivity contribution in [3.8, 4) is 11.1 Å². The zero-order chi connectivity index (χ0) is 14.0. The largest absolute Gasteiger partial charge is 0.478 e. The van der Waals surface area contributed by atoms with E-state index >= 15 is 0 Å². The first-order valence-corrected chi connectivity index (χ1v) is 6.10. The van der Waals surface area contributed by atoms with Gasteiger partial charge >= 0.3 is 5.97 Å². The molecule has 0 aliphatic heterocycles. The van der Waals surface area contributed by atoms with Crippen LogP contribution in [-0.4, -0.2) is 20.9 Å². The van der Waals surface area contributed by atoms with E-state index in [9.17, 15) is 9.18 Å². The summed E-state index contributed by atoms with van der Waals surface area (Å²) in [4.78, 5) is 10.9. The molecule has 1 aromatic heterocycles. The van der Waals surface area contributed by atoms with Crippen molar-refractivity contribution in [2.75, 3.05) is 0 Å². The predicted molar refractivity (Wildman–Crippen MR) is 69.6 cm³/mol. The molecular formula is C14H15FN2O2. The number of aromatic nitrogens is 2. The van der Waals surface area contributed by atoms with E-state index in [2.05, 4.69) is 5.10 Å². The molecule has 1 aromatic carbocycles. The van der Waals surface area contributed by atoms with Crippen LogP contribution in [0.3, 0.4) is 0 Å². The van der Waals surface area contributed by atoms with Gasteiger partial charge in [0, 0.05) is 23.4 Å². The van der Waals surface area contributed by atoms with Gasteiger partial charge in [0.1, 0.15) is 5.82 Å². The molecule has 0 saturated heterocycles. The number of carboxylic acids is 1. The van der Waals surface area contributed by atoms with Crippen molar-refractivity contribution >= 4 is 5.97 Å². The van der Waals surface area contributed by atoms with Gasteiger partial charge in [-0.1, -0.05) is 6.92 Å². The summed E-state index contributed by atoms with van der Waals surface area (Å²) in [5.74, 6) is -1.51. The molecule has 0 saturated carbocycles. The van der Waals surface area contributed by atoms with Crippen LogP contribution in [0.2, 0.25) is 0 Å². The molecule has 0 radical (unpaired) electrons. The fourth-order valence-corrected chi connectivity index (χ4v) is 2.01. The minimum absolute atomic E-state index is 0.0686. The Morgan fingerprint density at radius 3 is 2.79 bits per heavy atom. The molecule has 0 amide bonds. The van der Waals surface area contributed by atoms with E-state index in [1.54, 1.807) is 10.9 Å². The number of hydrogen-bond acceptors (Lipinski definition) is 2. The third kappa shape index (κ3) is 2.50. The van der Waals surface area contributed by atoms with Crippen molar-refractivity contribution in [2.45, 2.75) is 26.8 Å². The van der Waals surface area contributed by atoms with Crippen LogP contribution < -0.4 is 0 Å². The van der Waals surface area contributed by atoms with Gasteiger partial charge in [0.05, 0.1) is 11.8 Å². The van der Waals surface area contributed by atoms with Crippen LogP contribution in [0, 0.1) is 12.7 Å². The van der Waals surface area contributed by atoms with E-state index < -0.39 is 11.8 Å². The molecule has 0 unspecified atom stereocenters. The summed E-state index contributed by atoms with van der Waals surface area (Å²) < 4.78 is 15.7. The summed E-state index contributed by atoms with van der Waals surface area (Å²) in [6.45, 7) is 4.64. The highest BCUT2D eigenvalue weighted by molar-refractivity contribution is 5.89. The summed E-state index contributed by atoms with van der Waals surface area (Å²) >= 11 is 0. The van der Waals surface area contributed by atoms with Gasteiger partial charge in [-0.3, -0.25) is 4.68 Å². The summed E-state index contributed by atoms with van der Waals surface area (Å²) in [6, 6.07) is 3.78. The van der Waals surface area contributed by atoms with E-state index in [0.29, 0.717) is 5.56 Å². The van der Waals surface area contributed by atoms with Gasteiger partial charge in [-0.25, -0.2) is 9.18 Å². The van der Waals surface area contributed by atoms with E-state index in [4.69, 9.17) is 5.11 Å². The summed E-state index contributed by atoms with van der Waals surface area (Å²) in [5, 5.41) is 13.2. The first-order chi connectivity index (χ1) is 9.04. The first-order valence-electron chi connectivity index (χ1n) is 6.10. The molecule has 0 aliphatic rings. The van der Waals surface area contributed by atoms with Crippen LogP contribution in [-0.2, 0) is 6.54 Å². The van der Waals surface area contributed by atoms with Gasteiger partial charge in [0.25, 0.3) is 0 Å². The van der Waals surface area contributed by atoms with Crippen LogP contribution in [0.25, 0.3) is 11.1 Å². The minimum atomic E-state index is -1.07. The van der Waals surface area contributed by atoms with Crippen LogP contribution >= 0.6 is 0 Å². The van der Waals surface area contributed by atoms with Crippen LogP contribution in [0.5, 0.6) is 0 Å². The lowest BCUT2D eigenvalue weighted by Crippen LogP contribution is -2.01. The molecular weight excluding hydrogens is 247 g/mol. The third-order valence-corrected chi connectivity index (χ3v) is 3.04. The average Bonchev–Trinajstić information content (AvgIpc) is 2.72. The first kappa shape index (κ1) is 13.3. The molecule has 0 spiro atoms. The zero-order valence-corrected chi connectivity index (χ0v) is 10.9. The summed E-state index contributed by atoms with van der Waals surface area (Å²) in [6.07, 6.45) is 2.51. The Morgan fingerprint density at radius 1 is 1.42 bits per heavy atom. The Hall–Kier alpha value is -2.17. The molecule has 1 heterocycles. The normalized spacial score (nSPS) is 10.7. The number of halogens is 1. The molecule has 0 aliphatic carbocycles. The Kier molecular flexibility index (Phi) is 3.64. The van der Waals surface area contributed by atoms with Crippen molar-refractivity contribution in [2.24, 2.45) is 0 Å². The molecule has 0 fully saturated rings. The third-order valence-electron chi connectivity index (χ3n) is 3.04. The maximum atomic E-state index is 13.9. The quantitative estimate of drug-likeness (QED) is 0.921. The van der Waals surface area contributed by atoms with E-state index in [1.165, 1.54) is 18.2 Å². The highest BCUT2D eigenvalue weighted by atomic mass is 19.1. The molecule has 4 nitrogen and oxygen atoms in total. The number of aromatic carboxylic acids is 1. The number of rotatable bonds is 4. The predicted octanol–water partition coefficient (Wildman–Crippen LogP) is 3.11. The van der Waals surface area contributed by atoms with Crippen molar-refractivity contribution in [3.63, 3.8) is 0 Å². The molecule has 2 aromatic rings. The topological polar surface area (TPSA) is 55.1 Å². The number of nitrogens with zero attached hydrogens (tertiary/aromatic N) is 2. The second-order valence-electron chi connectivity index (χ2n) is 4.37. The van der Waals surface area contributed by atoms with Crippen molar-refractivity contribution in [3.05, 3.63) is 41.5 Å². The van der Waals surface area contributed by atoms with Crippen LogP contribution in [0.1, 0.15) is 29.4 Å². The smallest absolute Gasteiger partial charge is 0.335 e. The van der Waals surface area contributed by atoms with Crippen molar-refractivity contribution in [1.82, 2.24) is 9.78 Å². The van der Waals surface area contributed by atoms with Gasteiger partial charge in [0.15, 0.2) is 0 Å².